The zero-order valence-corrected chi connectivity index (χ0v) is 17.3. The first-order chi connectivity index (χ1) is 11.5. The van der Waals surface area contributed by atoms with E-state index in [0.29, 0.717) is 12.5 Å². The number of benzene rings is 1. The lowest BCUT2D eigenvalue weighted by molar-refractivity contribution is -0.166. The normalized spacial score (nSPS) is 20.5. The average Bonchev–Trinajstić information content (AvgIpc) is 2.54. The highest BCUT2D eigenvalue weighted by atomic mass is 127. The van der Waals surface area contributed by atoms with Crippen LogP contribution in [0, 0.1) is 0 Å². The minimum Gasteiger partial charge on any atom is -0.368 e. The third-order valence-electron chi connectivity index (χ3n) is 4.71. The number of nitrogens with zero attached hydrogens (tertiary/aromatic N) is 3. The molecular weight excluding hydrogens is 429 g/mol. The predicted molar refractivity (Wildman–Crippen MR) is 112 cm³/mol. The van der Waals surface area contributed by atoms with Gasteiger partial charge in [0, 0.05) is 0 Å². The second kappa shape index (κ2) is 8.35. The van der Waals surface area contributed by atoms with E-state index in [1.807, 2.05) is 13.8 Å². The van der Waals surface area contributed by atoms with Gasteiger partial charge in [-0.05, 0) is 43.7 Å². The molecule has 0 bridgehead atoms. The van der Waals surface area contributed by atoms with E-state index in [9.17, 15) is 0 Å². The maximum absolute atomic E-state index is 5.95. The van der Waals surface area contributed by atoms with Crippen LogP contribution in [0.15, 0.2) is 34.3 Å². The Morgan fingerprint density at radius 3 is 2.60 bits per heavy atom. The molecule has 1 saturated carbocycles. The van der Waals surface area contributed by atoms with Crippen LogP contribution in [-0.4, -0.2) is 22.6 Å². The summed E-state index contributed by atoms with van der Waals surface area (Å²) in [5.41, 5.74) is 13.5. The van der Waals surface area contributed by atoms with Crippen LogP contribution in [0.3, 0.4) is 0 Å². The van der Waals surface area contributed by atoms with Gasteiger partial charge in [0.05, 0.1) is 0 Å². The molecule has 0 spiro atoms. The lowest BCUT2D eigenvalue weighted by Crippen LogP contribution is -2.53. The van der Waals surface area contributed by atoms with Crippen molar-refractivity contribution in [2.45, 2.75) is 64.1 Å². The van der Waals surface area contributed by atoms with E-state index in [-0.39, 0.29) is 35.9 Å². The zero-order chi connectivity index (χ0) is 17.2. The van der Waals surface area contributed by atoms with Crippen molar-refractivity contribution >= 4 is 35.9 Å². The summed E-state index contributed by atoms with van der Waals surface area (Å²) in [4.78, 5) is 14.2. The van der Waals surface area contributed by atoms with Gasteiger partial charge in [-0.25, -0.2) is 4.99 Å². The molecule has 0 saturated heterocycles. The maximum atomic E-state index is 5.95. The Morgan fingerprint density at radius 2 is 1.92 bits per heavy atom. The van der Waals surface area contributed by atoms with Crippen molar-refractivity contribution in [1.82, 2.24) is 5.06 Å². The van der Waals surface area contributed by atoms with E-state index >= 15 is 0 Å². The molecule has 1 aliphatic heterocycles. The highest BCUT2D eigenvalue weighted by Gasteiger charge is 2.33. The molecule has 0 radical (unpaired) electrons. The largest absolute Gasteiger partial charge is 0.368 e. The van der Waals surface area contributed by atoms with Crippen molar-refractivity contribution in [3.05, 3.63) is 35.4 Å². The molecule has 25 heavy (non-hydrogen) atoms. The van der Waals surface area contributed by atoms with Crippen LogP contribution in [0.25, 0.3) is 0 Å². The van der Waals surface area contributed by atoms with Crippen LogP contribution in [0.5, 0.6) is 0 Å². The number of nitrogens with two attached hydrogens (primary N) is 2. The molecule has 1 heterocycles. The lowest BCUT2D eigenvalue weighted by atomic mass is 9.84. The Morgan fingerprint density at radius 1 is 1.20 bits per heavy atom. The number of rotatable bonds is 4. The minimum atomic E-state index is -0.670. The highest BCUT2D eigenvalue weighted by molar-refractivity contribution is 14.0. The molecule has 6 nitrogen and oxygen atoms in total. The maximum Gasteiger partial charge on any atom is 0.226 e. The monoisotopic (exact) mass is 457 g/mol. The molecule has 1 fully saturated rings. The van der Waals surface area contributed by atoms with Gasteiger partial charge in [-0.1, -0.05) is 43.5 Å². The van der Waals surface area contributed by atoms with Crippen molar-refractivity contribution in [1.29, 1.82) is 0 Å². The van der Waals surface area contributed by atoms with Crippen LogP contribution in [0.2, 0.25) is 0 Å². The zero-order valence-electron chi connectivity index (χ0n) is 14.9. The molecule has 3 rings (SSSR count). The molecule has 4 N–H and O–H groups in total. The van der Waals surface area contributed by atoms with Crippen LogP contribution in [0.4, 0.5) is 0 Å². The fourth-order valence-corrected chi connectivity index (χ4v) is 3.53. The molecule has 2 aliphatic rings. The van der Waals surface area contributed by atoms with Gasteiger partial charge in [0.25, 0.3) is 0 Å². The number of aliphatic imine (C=N–C) groups is 2. The molecule has 1 aromatic carbocycles. The summed E-state index contributed by atoms with van der Waals surface area (Å²) in [7, 11) is 0. The molecule has 7 heteroatoms. The highest BCUT2D eigenvalue weighted by Crippen LogP contribution is 2.33. The molecular formula is C18H28IN5O. The molecule has 0 unspecified atom stereocenters. The summed E-state index contributed by atoms with van der Waals surface area (Å²) in [6.07, 6.45) is 6.61. The first kappa shape index (κ1) is 20.0. The van der Waals surface area contributed by atoms with Crippen molar-refractivity contribution in [2.24, 2.45) is 21.5 Å². The first-order valence-corrected chi connectivity index (χ1v) is 8.67. The van der Waals surface area contributed by atoms with Gasteiger partial charge < -0.3 is 11.5 Å². The van der Waals surface area contributed by atoms with Crippen molar-refractivity contribution in [2.75, 3.05) is 0 Å². The molecule has 0 amide bonds. The summed E-state index contributed by atoms with van der Waals surface area (Å²) in [5.74, 6) is 1.09. The quantitative estimate of drug-likeness (QED) is 0.678. The molecule has 1 aliphatic carbocycles. The average molecular weight is 457 g/mol. The standard InChI is InChI=1S/C18H27N5O.HI/c1-18(2)22-16(19)21-17(20)23(18)24-12-13-7-6-10-15(11-13)14-8-4-3-5-9-14;/h6-7,10-11,14H,3-5,8-9,12H2,1-2H3,(H4,19,20,21,22);1H. The van der Waals surface area contributed by atoms with E-state index in [1.165, 1.54) is 42.7 Å². The Labute approximate surface area is 166 Å². The SMILES string of the molecule is CC1(C)N=C(N)N=C(N)N1OCc1cccc(C2CCCCC2)c1.I. The van der Waals surface area contributed by atoms with E-state index < -0.39 is 5.66 Å². The number of guanidine groups is 2. The van der Waals surface area contributed by atoms with Crippen molar-refractivity contribution < 1.29 is 4.84 Å². The van der Waals surface area contributed by atoms with Gasteiger partial charge in [-0.3, -0.25) is 4.84 Å². The fraction of sp³-hybridized carbons (Fsp3) is 0.556. The smallest absolute Gasteiger partial charge is 0.226 e. The molecule has 138 valence electrons. The van der Waals surface area contributed by atoms with Gasteiger partial charge in [0.1, 0.15) is 6.61 Å². The van der Waals surface area contributed by atoms with Gasteiger partial charge in [-0.15, -0.1) is 24.0 Å². The Hall–Kier alpha value is -1.35. The van der Waals surface area contributed by atoms with Crippen LogP contribution < -0.4 is 11.5 Å². The molecule has 0 atom stereocenters. The van der Waals surface area contributed by atoms with Crippen LogP contribution in [-0.2, 0) is 11.4 Å². The van der Waals surface area contributed by atoms with Gasteiger partial charge in [0.2, 0.25) is 11.9 Å². The van der Waals surface area contributed by atoms with Crippen LogP contribution in [0.1, 0.15) is 63.0 Å². The predicted octanol–water partition coefficient (Wildman–Crippen LogP) is 3.47. The Kier molecular flexibility index (Phi) is 6.67. The summed E-state index contributed by atoms with van der Waals surface area (Å²) in [6.45, 7) is 4.20. The van der Waals surface area contributed by atoms with Gasteiger partial charge in [-0.2, -0.15) is 10.1 Å². The molecule has 0 aromatic heterocycles. The summed E-state index contributed by atoms with van der Waals surface area (Å²) >= 11 is 0. The Bertz CT molecular complexity index is 653. The third kappa shape index (κ3) is 4.84. The number of halogens is 1. The Balaban J connectivity index is 0.00000225. The van der Waals surface area contributed by atoms with Gasteiger partial charge >= 0.3 is 0 Å². The second-order valence-corrected chi connectivity index (χ2v) is 7.08. The van der Waals surface area contributed by atoms with E-state index in [2.05, 4.69) is 34.3 Å². The lowest BCUT2D eigenvalue weighted by Gasteiger charge is -2.36. The summed E-state index contributed by atoms with van der Waals surface area (Å²) in [6, 6.07) is 8.66. The summed E-state index contributed by atoms with van der Waals surface area (Å²) in [5, 5.41) is 1.52. The number of hydroxylamine groups is 2. The van der Waals surface area contributed by atoms with Crippen molar-refractivity contribution in [3.63, 3.8) is 0 Å². The molecule has 1 aromatic rings. The number of hydrogen-bond donors (Lipinski definition) is 2. The van der Waals surface area contributed by atoms with E-state index in [4.69, 9.17) is 16.3 Å². The van der Waals surface area contributed by atoms with E-state index in [1.54, 1.807) is 0 Å². The van der Waals surface area contributed by atoms with E-state index in [0.717, 1.165) is 5.56 Å². The topological polar surface area (TPSA) is 89.2 Å². The van der Waals surface area contributed by atoms with Crippen molar-refractivity contribution in [3.8, 4) is 0 Å². The fourth-order valence-electron chi connectivity index (χ4n) is 3.53. The van der Waals surface area contributed by atoms with Crippen LogP contribution >= 0.6 is 24.0 Å². The van der Waals surface area contributed by atoms with Gasteiger partial charge in [0.15, 0.2) is 5.66 Å². The third-order valence-corrected chi connectivity index (χ3v) is 4.71. The first-order valence-electron chi connectivity index (χ1n) is 8.67. The summed E-state index contributed by atoms with van der Waals surface area (Å²) < 4.78 is 0. The second-order valence-electron chi connectivity index (χ2n) is 7.08. The minimum absolute atomic E-state index is 0. The number of hydrogen-bond acceptors (Lipinski definition) is 6.